The average molecular weight is 552 g/mol. The van der Waals surface area contributed by atoms with E-state index in [1.165, 1.54) is 11.0 Å². The molecule has 0 bridgehead atoms. The molecule has 1 atom stereocenters. The van der Waals surface area contributed by atoms with E-state index in [-0.39, 0.29) is 29.4 Å². The smallest absolute Gasteiger partial charge is 0.295 e. The van der Waals surface area contributed by atoms with Gasteiger partial charge in [-0.25, -0.2) is 0 Å². The maximum Gasteiger partial charge on any atom is 0.295 e. The number of Topliss-reactive ketones (excluding diaryl/α,β-unsaturated/α-hetero) is 1. The number of carbonyl (C=O) groups excluding carboxylic acids is 2. The summed E-state index contributed by atoms with van der Waals surface area (Å²) in [5.41, 5.74) is 2.58. The van der Waals surface area contributed by atoms with E-state index in [9.17, 15) is 19.8 Å². The van der Waals surface area contributed by atoms with E-state index in [0.29, 0.717) is 23.5 Å². The Labute approximate surface area is 217 Å². The van der Waals surface area contributed by atoms with Crippen LogP contribution in [0.2, 0.25) is 0 Å². The van der Waals surface area contributed by atoms with Crippen molar-refractivity contribution >= 4 is 33.4 Å². The van der Waals surface area contributed by atoms with Crippen LogP contribution in [0.5, 0.6) is 17.2 Å². The van der Waals surface area contributed by atoms with Crippen LogP contribution in [0.25, 0.3) is 5.76 Å². The summed E-state index contributed by atoms with van der Waals surface area (Å²) >= 11 is 3.44. The number of rotatable bonds is 7. The summed E-state index contributed by atoms with van der Waals surface area (Å²) in [5.74, 6) is -0.935. The number of ketones is 1. The van der Waals surface area contributed by atoms with Crippen molar-refractivity contribution in [2.24, 2.45) is 0 Å². The van der Waals surface area contributed by atoms with Crippen molar-refractivity contribution in [2.75, 3.05) is 13.7 Å². The summed E-state index contributed by atoms with van der Waals surface area (Å²) in [5, 5.41) is 21.5. The molecule has 36 heavy (non-hydrogen) atoms. The van der Waals surface area contributed by atoms with Crippen molar-refractivity contribution in [1.29, 1.82) is 0 Å². The molecule has 4 rings (SSSR count). The van der Waals surface area contributed by atoms with Crippen molar-refractivity contribution in [2.45, 2.75) is 26.4 Å². The molecular formula is C28H26BrNO6. The number of halogens is 1. The van der Waals surface area contributed by atoms with Crippen LogP contribution in [0.1, 0.15) is 35.2 Å². The van der Waals surface area contributed by atoms with Crippen molar-refractivity contribution < 1.29 is 29.3 Å². The Kier molecular flexibility index (Phi) is 7.35. The van der Waals surface area contributed by atoms with Crippen LogP contribution in [0.15, 0.2) is 70.7 Å². The minimum atomic E-state index is -0.893. The molecule has 7 nitrogen and oxygen atoms in total. The van der Waals surface area contributed by atoms with Crippen molar-refractivity contribution in [3.8, 4) is 17.2 Å². The standard InChI is InChI=1S/C28H26BrNO6/c1-4-36-23-14-18(8-12-22(23)31)25-24(26(32)19-7-11-21(29)16(2)13-19)27(33)28(34)30(25)15-17-5-9-20(35-3)10-6-17/h5-14,25,31-32H,4,15H2,1-3H3/b26-24-. The van der Waals surface area contributed by atoms with Crippen LogP contribution < -0.4 is 9.47 Å². The average Bonchev–Trinajstić information content (AvgIpc) is 3.12. The SMILES string of the molecule is CCOc1cc(C2/C(=C(/O)c3ccc(Br)c(C)c3)C(=O)C(=O)N2Cc2ccc(OC)cc2)ccc1O. The molecule has 1 aliphatic rings. The van der Waals surface area contributed by atoms with Gasteiger partial charge in [-0.1, -0.05) is 40.2 Å². The molecule has 8 heteroatoms. The summed E-state index contributed by atoms with van der Waals surface area (Å²) < 4.78 is 11.6. The second-order valence-corrected chi connectivity index (χ2v) is 9.25. The molecule has 3 aromatic rings. The summed E-state index contributed by atoms with van der Waals surface area (Å²) in [7, 11) is 1.57. The number of methoxy groups -OCH3 is 1. The highest BCUT2D eigenvalue weighted by molar-refractivity contribution is 9.10. The number of phenols is 1. The predicted octanol–water partition coefficient (Wildman–Crippen LogP) is 5.49. The second-order valence-electron chi connectivity index (χ2n) is 8.40. The molecule has 1 saturated heterocycles. The Morgan fingerprint density at radius 1 is 1.06 bits per heavy atom. The van der Waals surface area contributed by atoms with Crippen LogP contribution in [0, 0.1) is 6.92 Å². The molecule has 1 unspecified atom stereocenters. The van der Waals surface area contributed by atoms with E-state index in [2.05, 4.69) is 15.9 Å². The van der Waals surface area contributed by atoms with Crippen LogP contribution in [-0.4, -0.2) is 40.5 Å². The minimum absolute atomic E-state index is 0.0247. The molecule has 1 aliphatic heterocycles. The molecule has 3 aromatic carbocycles. The number of likely N-dealkylation sites (tertiary alicyclic amines) is 1. The third-order valence-electron chi connectivity index (χ3n) is 6.08. The highest BCUT2D eigenvalue weighted by atomic mass is 79.9. The Bertz CT molecular complexity index is 1350. The lowest BCUT2D eigenvalue weighted by molar-refractivity contribution is -0.140. The van der Waals surface area contributed by atoms with Gasteiger partial charge in [0.25, 0.3) is 11.7 Å². The van der Waals surface area contributed by atoms with Crippen LogP contribution in [0.3, 0.4) is 0 Å². The van der Waals surface area contributed by atoms with E-state index in [1.54, 1.807) is 56.5 Å². The molecule has 0 radical (unpaired) electrons. The number of phenolic OH excluding ortho intramolecular Hbond substituents is 1. The van der Waals surface area contributed by atoms with Crippen LogP contribution in [0.4, 0.5) is 0 Å². The molecule has 0 spiro atoms. The van der Waals surface area contributed by atoms with Gasteiger partial charge in [-0.2, -0.15) is 0 Å². The fourth-order valence-electron chi connectivity index (χ4n) is 4.24. The number of aromatic hydroxyl groups is 1. The van der Waals surface area contributed by atoms with E-state index >= 15 is 0 Å². The molecule has 2 N–H and O–H groups in total. The Morgan fingerprint density at radius 2 is 1.78 bits per heavy atom. The number of hydrogen-bond acceptors (Lipinski definition) is 6. The number of hydrogen-bond donors (Lipinski definition) is 2. The maximum absolute atomic E-state index is 13.3. The number of carbonyl (C=O) groups is 2. The topological polar surface area (TPSA) is 96.3 Å². The van der Waals surface area contributed by atoms with Gasteiger partial charge in [0, 0.05) is 16.6 Å². The lowest BCUT2D eigenvalue weighted by atomic mass is 9.94. The summed E-state index contributed by atoms with van der Waals surface area (Å²) in [4.78, 5) is 28.0. The first-order valence-corrected chi connectivity index (χ1v) is 12.2. The van der Waals surface area contributed by atoms with Gasteiger partial charge in [-0.3, -0.25) is 9.59 Å². The molecule has 1 fully saturated rings. The molecule has 1 amide bonds. The van der Waals surface area contributed by atoms with Gasteiger partial charge in [-0.05, 0) is 66.9 Å². The highest BCUT2D eigenvalue weighted by Crippen LogP contribution is 2.42. The molecule has 1 heterocycles. The lowest BCUT2D eigenvalue weighted by Crippen LogP contribution is -2.29. The first-order valence-electron chi connectivity index (χ1n) is 11.4. The predicted molar refractivity (Wildman–Crippen MR) is 139 cm³/mol. The third kappa shape index (κ3) is 4.81. The number of aliphatic hydroxyl groups excluding tert-OH is 1. The first kappa shape index (κ1) is 25.3. The van der Waals surface area contributed by atoms with Gasteiger partial charge in [-0.15, -0.1) is 0 Å². The normalized spacial score (nSPS) is 16.9. The van der Waals surface area contributed by atoms with Crippen LogP contribution in [-0.2, 0) is 16.1 Å². The van der Waals surface area contributed by atoms with E-state index in [4.69, 9.17) is 9.47 Å². The fourth-order valence-corrected chi connectivity index (χ4v) is 4.48. The van der Waals surface area contributed by atoms with Gasteiger partial charge < -0.3 is 24.6 Å². The summed E-state index contributed by atoms with van der Waals surface area (Å²) in [6, 6.07) is 16.2. The number of nitrogens with zero attached hydrogens (tertiary/aromatic N) is 1. The first-order chi connectivity index (χ1) is 17.2. The summed E-state index contributed by atoms with van der Waals surface area (Å²) in [6.45, 7) is 4.11. The van der Waals surface area contributed by atoms with E-state index in [1.807, 2.05) is 19.1 Å². The second kappa shape index (κ2) is 10.5. The molecule has 0 aliphatic carbocycles. The number of amides is 1. The third-order valence-corrected chi connectivity index (χ3v) is 6.97. The molecule has 186 valence electrons. The zero-order valence-electron chi connectivity index (χ0n) is 20.1. The lowest BCUT2D eigenvalue weighted by Gasteiger charge is -2.26. The number of benzene rings is 3. The quantitative estimate of drug-likeness (QED) is 0.229. The molecular weight excluding hydrogens is 526 g/mol. The number of aryl methyl sites for hydroxylation is 1. The van der Waals surface area contributed by atoms with E-state index < -0.39 is 17.7 Å². The Balaban J connectivity index is 1.87. The van der Waals surface area contributed by atoms with Crippen molar-refractivity contribution in [1.82, 2.24) is 4.90 Å². The minimum Gasteiger partial charge on any atom is -0.507 e. The van der Waals surface area contributed by atoms with E-state index in [0.717, 1.165) is 15.6 Å². The zero-order valence-corrected chi connectivity index (χ0v) is 21.7. The number of ether oxygens (including phenoxy) is 2. The molecule has 0 saturated carbocycles. The van der Waals surface area contributed by atoms with Gasteiger partial charge in [0.15, 0.2) is 11.5 Å². The Hall–Kier alpha value is -3.78. The maximum atomic E-state index is 13.3. The van der Waals surface area contributed by atoms with Gasteiger partial charge in [0.05, 0.1) is 25.3 Å². The number of aliphatic hydroxyl groups is 1. The monoisotopic (exact) mass is 551 g/mol. The van der Waals surface area contributed by atoms with Gasteiger partial charge in [0.2, 0.25) is 0 Å². The largest absolute Gasteiger partial charge is 0.507 e. The van der Waals surface area contributed by atoms with Crippen molar-refractivity contribution in [3.63, 3.8) is 0 Å². The fraction of sp³-hybridized carbons (Fsp3) is 0.214. The van der Waals surface area contributed by atoms with Gasteiger partial charge in [0.1, 0.15) is 11.5 Å². The highest BCUT2D eigenvalue weighted by Gasteiger charge is 2.46. The van der Waals surface area contributed by atoms with Crippen LogP contribution >= 0.6 is 15.9 Å². The van der Waals surface area contributed by atoms with Gasteiger partial charge >= 0.3 is 0 Å². The zero-order chi connectivity index (χ0) is 26.0. The molecule has 0 aromatic heterocycles. The Morgan fingerprint density at radius 3 is 2.42 bits per heavy atom. The van der Waals surface area contributed by atoms with Crippen molar-refractivity contribution in [3.05, 3.63) is 93.0 Å². The summed E-state index contributed by atoms with van der Waals surface area (Å²) in [6.07, 6.45) is 0.